The van der Waals surface area contributed by atoms with E-state index in [9.17, 15) is 14.4 Å². The molecule has 5 nitrogen and oxygen atoms in total. The van der Waals surface area contributed by atoms with Crippen molar-refractivity contribution < 1.29 is 19.1 Å². The topological polar surface area (TPSA) is 72.5 Å². The molecule has 1 heterocycles. The summed E-state index contributed by atoms with van der Waals surface area (Å²) in [5.74, 6) is -0.440. The van der Waals surface area contributed by atoms with Crippen molar-refractivity contribution in [3.63, 3.8) is 0 Å². The van der Waals surface area contributed by atoms with Crippen LogP contribution < -0.4 is 5.32 Å². The van der Waals surface area contributed by atoms with E-state index in [0.717, 1.165) is 25.3 Å². The molecular formula is C16H27NO4. The number of carbonyl (C=O) groups excluding carboxylic acids is 3. The number of hydrogen-bond acceptors (Lipinski definition) is 4. The van der Waals surface area contributed by atoms with Crippen LogP contribution in [0.5, 0.6) is 0 Å². The summed E-state index contributed by atoms with van der Waals surface area (Å²) in [5, 5.41) is 2.39. The maximum Gasteiger partial charge on any atom is 0.330 e. The van der Waals surface area contributed by atoms with Crippen molar-refractivity contribution >= 4 is 17.8 Å². The number of esters is 1. The molecule has 1 aliphatic rings. The lowest BCUT2D eigenvalue weighted by molar-refractivity contribution is -0.138. The minimum absolute atomic E-state index is 0.0576. The molecule has 1 saturated heterocycles. The summed E-state index contributed by atoms with van der Waals surface area (Å²) in [7, 11) is 0. The molecule has 1 unspecified atom stereocenters. The molecule has 1 N–H and O–H groups in total. The van der Waals surface area contributed by atoms with E-state index in [1.54, 1.807) is 6.92 Å². The molecule has 1 aliphatic heterocycles. The summed E-state index contributed by atoms with van der Waals surface area (Å²) < 4.78 is 4.43. The Morgan fingerprint density at radius 3 is 2.52 bits per heavy atom. The van der Waals surface area contributed by atoms with E-state index in [4.69, 9.17) is 0 Å². The third-order valence-corrected chi connectivity index (χ3v) is 3.21. The molecular weight excluding hydrogens is 270 g/mol. The van der Waals surface area contributed by atoms with Crippen LogP contribution in [0.25, 0.3) is 0 Å². The minimum atomic E-state index is -0.359. The van der Waals surface area contributed by atoms with Gasteiger partial charge in [0.25, 0.3) is 0 Å². The molecule has 1 rings (SSSR count). The van der Waals surface area contributed by atoms with Crippen molar-refractivity contribution in [1.29, 1.82) is 0 Å². The van der Waals surface area contributed by atoms with Crippen molar-refractivity contribution in [3.05, 3.63) is 12.7 Å². The second kappa shape index (κ2) is 12.1. The van der Waals surface area contributed by atoms with Crippen LogP contribution in [0.4, 0.5) is 0 Å². The third-order valence-electron chi connectivity index (χ3n) is 3.21. The van der Waals surface area contributed by atoms with E-state index in [0.29, 0.717) is 13.0 Å². The van der Waals surface area contributed by atoms with Gasteiger partial charge in [-0.2, -0.15) is 0 Å². The lowest BCUT2D eigenvalue weighted by atomic mass is 9.92. The molecule has 0 aliphatic carbocycles. The summed E-state index contributed by atoms with van der Waals surface area (Å²) in [5.41, 5.74) is 0. The van der Waals surface area contributed by atoms with Crippen LogP contribution in [0.2, 0.25) is 0 Å². The molecule has 0 bridgehead atoms. The molecule has 1 atom stereocenters. The molecule has 21 heavy (non-hydrogen) atoms. The van der Waals surface area contributed by atoms with Crippen LogP contribution in [-0.4, -0.2) is 24.4 Å². The molecule has 0 aromatic carbocycles. The Morgan fingerprint density at radius 2 is 2.05 bits per heavy atom. The standard InChI is InChI=1S/C11H19NO2.C5H8O2/c1-2-3-4-5-6-9-7-8-10(13)12-11(9)14;1-3-5(6)7-4-2/h9H,2-8H2,1H3,(H,12,13,14);3H,1,4H2,2H3. The average Bonchev–Trinajstić information content (AvgIpc) is 2.46. The zero-order chi connectivity index (χ0) is 16.1. The summed E-state index contributed by atoms with van der Waals surface area (Å²) >= 11 is 0. The number of ether oxygens (including phenoxy) is 1. The van der Waals surface area contributed by atoms with Crippen LogP contribution in [0.3, 0.4) is 0 Å². The predicted molar refractivity (Wildman–Crippen MR) is 81.5 cm³/mol. The van der Waals surface area contributed by atoms with Gasteiger partial charge in [-0.25, -0.2) is 4.79 Å². The van der Waals surface area contributed by atoms with Crippen molar-refractivity contribution in [1.82, 2.24) is 5.32 Å². The molecule has 2 amide bonds. The van der Waals surface area contributed by atoms with Crippen LogP contribution in [0.15, 0.2) is 12.7 Å². The van der Waals surface area contributed by atoms with E-state index in [1.807, 2.05) is 0 Å². The van der Waals surface area contributed by atoms with E-state index in [1.165, 1.54) is 19.3 Å². The molecule has 0 saturated carbocycles. The average molecular weight is 297 g/mol. The number of nitrogens with one attached hydrogen (secondary N) is 1. The third kappa shape index (κ3) is 9.82. The molecule has 0 spiro atoms. The van der Waals surface area contributed by atoms with Gasteiger partial charge in [0.15, 0.2) is 0 Å². The molecule has 1 fully saturated rings. The predicted octanol–water partition coefficient (Wildman–Crippen LogP) is 2.75. The van der Waals surface area contributed by atoms with Gasteiger partial charge in [-0.1, -0.05) is 39.2 Å². The van der Waals surface area contributed by atoms with E-state index < -0.39 is 0 Å². The number of amides is 2. The van der Waals surface area contributed by atoms with Crippen LogP contribution in [0, 0.1) is 5.92 Å². The molecule has 0 aromatic heterocycles. The van der Waals surface area contributed by atoms with Gasteiger partial charge in [0.2, 0.25) is 11.8 Å². The number of unbranched alkanes of at least 4 members (excludes halogenated alkanes) is 3. The Kier molecular flexibility index (Phi) is 11.2. The van der Waals surface area contributed by atoms with Crippen molar-refractivity contribution in [2.75, 3.05) is 6.61 Å². The molecule has 0 aromatic rings. The van der Waals surface area contributed by atoms with E-state index >= 15 is 0 Å². The van der Waals surface area contributed by atoms with Gasteiger partial charge in [0.1, 0.15) is 0 Å². The van der Waals surface area contributed by atoms with Crippen molar-refractivity contribution in [2.24, 2.45) is 5.92 Å². The Bertz CT molecular complexity index is 352. The Balaban J connectivity index is 0.000000486. The van der Waals surface area contributed by atoms with Crippen LogP contribution in [-0.2, 0) is 19.1 Å². The first-order valence-electron chi connectivity index (χ1n) is 7.68. The highest BCUT2D eigenvalue weighted by molar-refractivity contribution is 5.98. The van der Waals surface area contributed by atoms with Gasteiger partial charge < -0.3 is 4.74 Å². The number of imide groups is 1. The zero-order valence-electron chi connectivity index (χ0n) is 13.2. The highest BCUT2D eigenvalue weighted by Crippen LogP contribution is 2.19. The van der Waals surface area contributed by atoms with Gasteiger partial charge in [-0.3, -0.25) is 14.9 Å². The van der Waals surface area contributed by atoms with Gasteiger partial charge in [0, 0.05) is 18.4 Å². The quantitative estimate of drug-likeness (QED) is 0.339. The highest BCUT2D eigenvalue weighted by atomic mass is 16.5. The monoisotopic (exact) mass is 297 g/mol. The van der Waals surface area contributed by atoms with Gasteiger partial charge in [-0.05, 0) is 19.8 Å². The van der Waals surface area contributed by atoms with Crippen LogP contribution >= 0.6 is 0 Å². The smallest absolute Gasteiger partial charge is 0.330 e. The number of carbonyl (C=O) groups is 3. The summed E-state index contributed by atoms with van der Waals surface area (Å²) in [4.78, 5) is 32.3. The maximum absolute atomic E-state index is 11.3. The van der Waals surface area contributed by atoms with E-state index in [-0.39, 0.29) is 23.7 Å². The van der Waals surface area contributed by atoms with Crippen molar-refractivity contribution in [2.45, 2.75) is 58.8 Å². The lowest BCUT2D eigenvalue weighted by Crippen LogP contribution is -2.40. The SMILES string of the molecule is C=CC(=O)OCC.CCCCCCC1CCC(=O)NC1=O. The van der Waals surface area contributed by atoms with Gasteiger partial charge in [0.05, 0.1) is 6.61 Å². The molecule has 0 radical (unpaired) electrons. The summed E-state index contributed by atoms with van der Waals surface area (Å²) in [6.07, 6.45) is 8.13. The second-order valence-corrected chi connectivity index (χ2v) is 4.95. The number of rotatable bonds is 7. The van der Waals surface area contributed by atoms with Crippen molar-refractivity contribution in [3.8, 4) is 0 Å². The van der Waals surface area contributed by atoms with Gasteiger partial charge in [-0.15, -0.1) is 0 Å². The molecule has 5 heteroatoms. The number of hydrogen-bond donors (Lipinski definition) is 1. The van der Waals surface area contributed by atoms with Gasteiger partial charge >= 0.3 is 5.97 Å². The second-order valence-electron chi connectivity index (χ2n) is 4.95. The Labute approximate surface area is 127 Å². The fourth-order valence-corrected chi connectivity index (χ4v) is 2.03. The Hall–Kier alpha value is -1.65. The largest absolute Gasteiger partial charge is 0.463 e. The minimum Gasteiger partial charge on any atom is -0.463 e. The van der Waals surface area contributed by atoms with Crippen LogP contribution in [0.1, 0.15) is 58.8 Å². The fourth-order valence-electron chi connectivity index (χ4n) is 2.03. The first-order valence-corrected chi connectivity index (χ1v) is 7.68. The highest BCUT2D eigenvalue weighted by Gasteiger charge is 2.25. The zero-order valence-corrected chi connectivity index (χ0v) is 13.2. The fraction of sp³-hybridized carbons (Fsp3) is 0.688. The summed E-state index contributed by atoms with van der Waals surface area (Å²) in [6, 6.07) is 0. The molecule has 120 valence electrons. The first kappa shape index (κ1) is 19.4. The Morgan fingerprint density at radius 1 is 1.33 bits per heavy atom. The summed E-state index contributed by atoms with van der Waals surface area (Å²) in [6.45, 7) is 7.55. The number of piperidine rings is 1. The lowest BCUT2D eigenvalue weighted by Gasteiger charge is -2.20. The normalized spacial score (nSPS) is 17.3. The first-order chi connectivity index (χ1) is 10.0. The van der Waals surface area contributed by atoms with E-state index in [2.05, 4.69) is 23.6 Å². The maximum atomic E-state index is 11.3.